The molecule has 1 heterocycles. The van der Waals surface area contributed by atoms with Crippen molar-refractivity contribution in [3.8, 4) is 0 Å². The zero-order valence-electron chi connectivity index (χ0n) is 12.9. The van der Waals surface area contributed by atoms with Gasteiger partial charge in [-0.2, -0.15) is 0 Å². The lowest BCUT2D eigenvalue weighted by Gasteiger charge is -2.22. The van der Waals surface area contributed by atoms with Gasteiger partial charge in [-0.15, -0.1) is 0 Å². The highest BCUT2D eigenvalue weighted by Gasteiger charge is 2.33. The van der Waals surface area contributed by atoms with Gasteiger partial charge in [-0.05, 0) is 37.0 Å². The topological polar surface area (TPSA) is 74.7 Å². The summed E-state index contributed by atoms with van der Waals surface area (Å²) in [5, 5.41) is 9.45. The van der Waals surface area contributed by atoms with Crippen molar-refractivity contribution in [1.29, 1.82) is 0 Å². The summed E-state index contributed by atoms with van der Waals surface area (Å²) >= 11 is 1.21. The average Bonchev–Trinajstić information content (AvgIpc) is 2.76. The number of benzene rings is 1. The molecule has 1 aliphatic rings. The lowest BCUT2D eigenvalue weighted by molar-refractivity contribution is -0.117. The molecule has 1 saturated heterocycles. The summed E-state index contributed by atoms with van der Waals surface area (Å²) in [6, 6.07) is 3.47. The Morgan fingerprint density at radius 2 is 2.05 bits per heavy atom. The molecule has 1 amide bonds. The third kappa shape index (κ3) is 3.50. The van der Waals surface area contributed by atoms with E-state index in [9.17, 15) is 19.5 Å². The molecule has 0 radical (unpaired) electrons. The number of aryl methyl sites for hydroxylation is 2. The van der Waals surface area contributed by atoms with Gasteiger partial charge in [-0.3, -0.25) is 9.59 Å². The highest BCUT2D eigenvalue weighted by atomic mass is 32.2. The average molecular weight is 321 g/mol. The summed E-state index contributed by atoms with van der Waals surface area (Å²) < 4.78 is 0. The Hall–Kier alpha value is -1.82. The number of thioether (sulfide) groups is 1. The summed E-state index contributed by atoms with van der Waals surface area (Å²) in [5.41, 5.74) is 2.28. The minimum Gasteiger partial charge on any atom is -0.478 e. The van der Waals surface area contributed by atoms with Crippen LogP contribution in [0.1, 0.15) is 34.8 Å². The quantitative estimate of drug-likeness (QED) is 0.922. The summed E-state index contributed by atoms with van der Waals surface area (Å²) in [6.45, 7) is 5.62. The van der Waals surface area contributed by atoms with Gasteiger partial charge in [0.15, 0.2) is 5.12 Å². The van der Waals surface area contributed by atoms with Gasteiger partial charge in [0.2, 0.25) is 5.91 Å². The number of nitrogens with zero attached hydrogens (tertiary/aromatic N) is 1. The van der Waals surface area contributed by atoms with E-state index >= 15 is 0 Å². The van der Waals surface area contributed by atoms with E-state index in [4.69, 9.17) is 0 Å². The number of anilines is 1. The maximum absolute atomic E-state index is 12.3. The fourth-order valence-electron chi connectivity index (χ4n) is 2.83. The molecule has 1 aromatic rings. The van der Waals surface area contributed by atoms with Gasteiger partial charge in [0.25, 0.3) is 0 Å². The fourth-order valence-corrected chi connectivity index (χ4v) is 3.52. The molecular formula is C16H19NO4S. The molecule has 0 spiro atoms. The molecule has 0 bridgehead atoms. The highest BCUT2D eigenvalue weighted by molar-refractivity contribution is 8.13. The van der Waals surface area contributed by atoms with Crippen LogP contribution >= 0.6 is 11.8 Å². The lowest BCUT2D eigenvalue weighted by atomic mass is 10.0. The zero-order valence-corrected chi connectivity index (χ0v) is 13.7. The molecular weight excluding hydrogens is 302 g/mol. The summed E-state index contributed by atoms with van der Waals surface area (Å²) in [4.78, 5) is 36.4. The minimum absolute atomic E-state index is 0.0311. The van der Waals surface area contributed by atoms with Crippen LogP contribution in [0.4, 0.5) is 5.69 Å². The summed E-state index contributed by atoms with van der Waals surface area (Å²) in [6.07, 6.45) is 0.354. The van der Waals surface area contributed by atoms with Gasteiger partial charge < -0.3 is 10.0 Å². The predicted octanol–water partition coefficient (Wildman–Crippen LogP) is 2.63. The molecule has 0 aromatic heterocycles. The van der Waals surface area contributed by atoms with Gasteiger partial charge in [0.05, 0.1) is 11.3 Å². The van der Waals surface area contributed by atoms with Crippen LogP contribution in [0, 0.1) is 19.8 Å². The molecule has 22 heavy (non-hydrogen) atoms. The first-order valence-corrected chi connectivity index (χ1v) is 8.06. The van der Waals surface area contributed by atoms with Crippen molar-refractivity contribution in [2.75, 3.05) is 17.2 Å². The molecule has 118 valence electrons. The Morgan fingerprint density at radius 3 is 2.64 bits per heavy atom. The van der Waals surface area contributed by atoms with Crippen molar-refractivity contribution >= 4 is 34.4 Å². The highest BCUT2D eigenvalue weighted by Crippen LogP contribution is 2.33. The molecule has 2 rings (SSSR count). The van der Waals surface area contributed by atoms with Crippen LogP contribution < -0.4 is 4.90 Å². The number of rotatable bonds is 4. The molecule has 1 unspecified atom stereocenters. The molecule has 1 aliphatic heterocycles. The third-order valence-corrected chi connectivity index (χ3v) is 4.72. The first-order valence-electron chi connectivity index (χ1n) is 7.08. The summed E-state index contributed by atoms with van der Waals surface area (Å²) in [5.74, 6) is -0.450. The number of carbonyl (C=O) groups excluding carboxylic acids is 2. The van der Waals surface area contributed by atoms with Gasteiger partial charge in [-0.25, -0.2) is 4.79 Å². The lowest BCUT2D eigenvalue weighted by Crippen LogP contribution is -2.27. The van der Waals surface area contributed by atoms with E-state index in [2.05, 4.69) is 0 Å². The normalized spacial score (nSPS) is 17.9. The second kappa shape index (κ2) is 6.52. The van der Waals surface area contributed by atoms with Crippen molar-refractivity contribution in [1.82, 2.24) is 0 Å². The Labute approximate surface area is 133 Å². The van der Waals surface area contributed by atoms with Crippen LogP contribution in [0.25, 0.3) is 0 Å². The molecule has 1 atom stereocenters. The van der Waals surface area contributed by atoms with Gasteiger partial charge in [-0.1, -0.05) is 17.8 Å². The van der Waals surface area contributed by atoms with Crippen molar-refractivity contribution in [3.63, 3.8) is 0 Å². The second-order valence-electron chi connectivity index (χ2n) is 5.66. The van der Waals surface area contributed by atoms with Crippen LogP contribution in [0.15, 0.2) is 12.1 Å². The maximum Gasteiger partial charge on any atom is 0.337 e. The number of carboxylic acid groups (broad SMARTS) is 1. The zero-order chi connectivity index (χ0) is 16.4. The molecule has 1 N–H and O–H groups in total. The van der Waals surface area contributed by atoms with Crippen LogP contribution in [0.5, 0.6) is 0 Å². The minimum atomic E-state index is -1.03. The number of hydrogen-bond acceptors (Lipinski definition) is 4. The number of aromatic carboxylic acids is 1. The first kappa shape index (κ1) is 16.5. The Bertz CT molecular complexity index is 641. The Morgan fingerprint density at radius 1 is 1.36 bits per heavy atom. The molecule has 0 aliphatic carbocycles. The molecule has 1 fully saturated rings. The van der Waals surface area contributed by atoms with Crippen LogP contribution in [-0.2, 0) is 9.59 Å². The van der Waals surface area contributed by atoms with E-state index in [0.29, 0.717) is 24.4 Å². The van der Waals surface area contributed by atoms with Crippen molar-refractivity contribution in [2.24, 2.45) is 5.92 Å². The number of amides is 1. The molecule has 5 nitrogen and oxygen atoms in total. The van der Waals surface area contributed by atoms with Gasteiger partial charge in [0, 0.05) is 25.6 Å². The van der Waals surface area contributed by atoms with E-state index < -0.39 is 5.97 Å². The molecule has 0 saturated carbocycles. The standard InChI is InChI=1S/C16H19NO4S/c1-9-4-10(2)15(13(5-9)16(20)21)17-7-12(6-14(17)19)8-22-11(3)18/h4-5,12H,6-8H2,1-3H3,(H,20,21). The maximum atomic E-state index is 12.3. The van der Waals surface area contributed by atoms with E-state index in [-0.39, 0.29) is 22.5 Å². The summed E-state index contributed by atoms with van der Waals surface area (Å²) in [7, 11) is 0. The van der Waals surface area contributed by atoms with E-state index in [1.54, 1.807) is 11.0 Å². The monoisotopic (exact) mass is 321 g/mol. The Kier molecular flexibility index (Phi) is 4.90. The van der Waals surface area contributed by atoms with E-state index in [0.717, 1.165) is 11.1 Å². The smallest absolute Gasteiger partial charge is 0.337 e. The molecule has 1 aromatic carbocycles. The number of hydrogen-bond donors (Lipinski definition) is 1. The van der Waals surface area contributed by atoms with Crippen molar-refractivity contribution in [2.45, 2.75) is 27.2 Å². The second-order valence-corrected chi connectivity index (χ2v) is 6.86. The fraction of sp³-hybridized carbons (Fsp3) is 0.438. The largest absolute Gasteiger partial charge is 0.478 e. The van der Waals surface area contributed by atoms with E-state index in [1.807, 2.05) is 19.9 Å². The third-order valence-electron chi connectivity index (χ3n) is 3.67. The van der Waals surface area contributed by atoms with Crippen molar-refractivity contribution < 1.29 is 19.5 Å². The number of carboxylic acids is 1. The first-order chi connectivity index (χ1) is 10.3. The van der Waals surface area contributed by atoms with Crippen LogP contribution in [0.3, 0.4) is 0 Å². The van der Waals surface area contributed by atoms with Gasteiger partial charge in [0.1, 0.15) is 0 Å². The van der Waals surface area contributed by atoms with Crippen LogP contribution in [-0.4, -0.2) is 34.4 Å². The SMILES string of the molecule is CC(=O)SCC1CC(=O)N(c2c(C)cc(C)cc2C(=O)O)C1. The van der Waals surface area contributed by atoms with Crippen LogP contribution in [0.2, 0.25) is 0 Å². The van der Waals surface area contributed by atoms with E-state index in [1.165, 1.54) is 18.7 Å². The predicted molar refractivity (Wildman–Crippen MR) is 86.5 cm³/mol. The number of carbonyl (C=O) groups is 3. The van der Waals surface area contributed by atoms with Crippen molar-refractivity contribution in [3.05, 3.63) is 28.8 Å². The van der Waals surface area contributed by atoms with Gasteiger partial charge >= 0.3 is 5.97 Å². The Balaban J connectivity index is 2.30. The molecule has 6 heteroatoms.